The van der Waals surface area contributed by atoms with Gasteiger partial charge in [0.15, 0.2) is 0 Å². The molecule has 1 aromatic carbocycles. The Kier molecular flexibility index (Phi) is 8.97. The predicted molar refractivity (Wildman–Crippen MR) is 123 cm³/mol. The van der Waals surface area contributed by atoms with Crippen molar-refractivity contribution in [3.8, 4) is 5.75 Å². The lowest BCUT2D eigenvalue weighted by Crippen LogP contribution is -2.46. The van der Waals surface area contributed by atoms with Gasteiger partial charge in [0.2, 0.25) is 0 Å². The Balaban J connectivity index is 2.63. The molecule has 0 aliphatic carbocycles. The fourth-order valence-electron chi connectivity index (χ4n) is 4.02. The number of amides is 1. The van der Waals surface area contributed by atoms with Crippen LogP contribution in [-0.2, 0) is 32.1 Å². The molecule has 194 valence electrons. The summed E-state index contributed by atoms with van der Waals surface area (Å²) >= 11 is 0. The van der Waals surface area contributed by atoms with Crippen LogP contribution in [-0.4, -0.2) is 43.3 Å². The summed E-state index contributed by atoms with van der Waals surface area (Å²) in [5, 5.41) is 0. The molecule has 0 aromatic heterocycles. The van der Waals surface area contributed by atoms with E-state index in [2.05, 4.69) is 0 Å². The second-order valence-corrected chi connectivity index (χ2v) is 8.97. The lowest BCUT2D eigenvalue weighted by Gasteiger charge is -2.32. The minimum absolute atomic E-state index is 0.0591. The number of hydrogen-bond acceptors (Lipinski definition) is 6. The van der Waals surface area contributed by atoms with Crippen LogP contribution in [0.4, 0.5) is 18.9 Å². The molecule has 0 saturated carbocycles. The number of anilines is 1. The van der Waals surface area contributed by atoms with Crippen LogP contribution in [0.2, 0.25) is 0 Å². The second-order valence-electron chi connectivity index (χ2n) is 8.97. The number of carbonyl (C=O) groups excluding carboxylic acids is 3. The average molecular weight is 500 g/mol. The molecule has 1 amide bonds. The molecule has 0 saturated heterocycles. The van der Waals surface area contributed by atoms with E-state index in [4.69, 9.17) is 14.2 Å². The van der Waals surface area contributed by atoms with Crippen molar-refractivity contribution in [1.29, 1.82) is 0 Å². The Hall–Kier alpha value is -3.04. The topological polar surface area (TPSA) is 82.1 Å². The highest BCUT2D eigenvalue weighted by atomic mass is 19.4. The molecule has 0 fully saturated rings. The van der Waals surface area contributed by atoms with E-state index < -0.39 is 24.1 Å². The summed E-state index contributed by atoms with van der Waals surface area (Å²) < 4.78 is 56.5. The van der Waals surface area contributed by atoms with Gasteiger partial charge in [-0.3, -0.25) is 9.59 Å². The summed E-state index contributed by atoms with van der Waals surface area (Å²) in [5.41, 5.74) is 1.78. The van der Waals surface area contributed by atoms with Crippen LogP contribution in [0.25, 0.3) is 0 Å². The van der Waals surface area contributed by atoms with E-state index in [1.807, 2.05) is 0 Å². The minimum Gasteiger partial charge on any atom is -0.496 e. The quantitative estimate of drug-likeness (QED) is 0.343. The summed E-state index contributed by atoms with van der Waals surface area (Å²) in [6, 6.07) is -0.913. The Morgan fingerprint density at radius 1 is 1.17 bits per heavy atom. The summed E-state index contributed by atoms with van der Waals surface area (Å²) in [7, 11) is 1.38. The summed E-state index contributed by atoms with van der Waals surface area (Å²) in [4.78, 5) is 37.6. The molecular weight excluding hydrogens is 467 g/mol. The second kappa shape index (κ2) is 11.1. The SMILES string of the molecule is COc1c(C)c2c(c(N(C(=O)C(F)(F)F)C(C)C)c1C/C=C(\C)CCC(=O)OC(C)C)C(=O)OC2. The molecule has 35 heavy (non-hydrogen) atoms. The van der Waals surface area contributed by atoms with Crippen molar-refractivity contribution >= 4 is 23.5 Å². The molecule has 1 aliphatic rings. The number of esters is 2. The maximum atomic E-state index is 13.6. The molecular formula is C25H32F3NO6. The van der Waals surface area contributed by atoms with E-state index in [1.165, 1.54) is 21.0 Å². The maximum absolute atomic E-state index is 13.6. The molecule has 0 bridgehead atoms. The Labute approximate surface area is 203 Å². The van der Waals surface area contributed by atoms with Crippen molar-refractivity contribution in [2.24, 2.45) is 0 Å². The molecule has 0 radical (unpaired) electrons. The van der Waals surface area contributed by atoms with Gasteiger partial charge >= 0.3 is 24.0 Å². The third-order valence-corrected chi connectivity index (χ3v) is 5.61. The fourth-order valence-corrected chi connectivity index (χ4v) is 4.02. The number of allylic oxidation sites excluding steroid dienone is 2. The van der Waals surface area contributed by atoms with E-state index in [1.54, 1.807) is 33.8 Å². The molecule has 1 heterocycles. The number of nitrogens with zero attached hydrogens (tertiary/aromatic N) is 1. The maximum Gasteiger partial charge on any atom is 0.471 e. The Morgan fingerprint density at radius 3 is 2.31 bits per heavy atom. The van der Waals surface area contributed by atoms with Crippen molar-refractivity contribution in [3.05, 3.63) is 33.9 Å². The number of alkyl halides is 3. The number of halogens is 3. The molecule has 10 heteroatoms. The Morgan fingerprint density at radius 2 is 1.80 bits per heavy atom. The number of cyclic esters (lactones) is 1. The molecule has 0 unspecified atom stereocenters. The average Bonchev–Trinajstić information content (AvgIpc) is 3.12. The molecule has 0 atom stereocenters. The van der Waals surface area contributed by atoms with Crippen LogP contribution in [0.5, 0.6) is 5.75 Å². The van der Waals surface area contributed by atoms with Crippen LogP contribution in [0.15, 0.2) is 11.6 Å². The minimum atomic E-state index is -5.16. The van der Waals surface area contributed by atoms with E-state index in [9.17, 15) is 27.6 Å². The highest BCUT2D eigenvalue weighted by Crippen LogP contribution is 2.44. The summed E-state index contributed by atoms with van der Waals surface area (Å²) in [6.07, 6.45) is -3.06. The van der Waals surface area contributed by atoms with Gasteiger partial charge in [-0.05, 0) is 59.9 Å². The predicted octanol–water partition coefficient (Wildman–Crippen LogP) is 5.20. The highest BCUT2D eigenvalue weighted by molar-refractivity contribution is 6.08. The lowest BCUT2D eigenvalue weighted by molar-refractivity contribution is -0.170. The number of ether oxygens (including phenoxy) is 3. The van der Waals surface area contributed by atoms with Gasteiger partial charge < -0.3 is 19.1 Å². The molecule has 0 N–H and O–H groups in total. The first kappa shape index (κ1) is 28.2. The smallest absolute Gasteiger partial charge is 0.471 e. The van der Waals surface area contributed by atoms with Crippen LogP contribution < -0.4 is 9.64 Å². The van der Waals surface area contributed by atoms with Gasteiger partial charge in [0.05, 0.1) is 24.5 Å². The van der Waals surface area contributed by atoms with E-state index in [0.29, 0.717) is 22.4 Å². The molecule has 2 rings (SSSR count). The van der Waals surface area contributed by atoms with E-state index >= 15 is 0 Å². The summed E-state index contributed by atoms with van der Waals surface area (Å²) in [5.74, 6) is -2.96. The zero-order valence-electron chi connectivity index (χ0n) is 21.1. The van der Waals surface area contributed by atoms with Crippen LogP contribution in [0.3, 0.4) is 0 Å². The van der Waals surface area contributed by atoms with Crippen LogP contribution in [0, 0.1) is 6.92 Å². The number of methoxy groups -OCH3 is 1. The van der Waals surface area contributed by atoms with Gasteiger partial charge in [0.25, 0.3) is 0 Å². The number of hydrogen-bond donors (Lipinski definition) is 0. The standard InChI is InChI=1S/C25H32F3NO6/c1-13(2)29(24(32)25(26,27)28)21-17(10-8-15(5)9-11-19(30)35-14(3)4)22(33-7)16(6)18-12-34-23(31)20(18)21/h8,13-14H,9-12H2,1-7H3/b15-8+. The first-order valence-electron chi connectivity index (χ1n) is 11.4. The monoisotopic (exact) mass is 499 g/mol. The van der Waals surface area contributed by atoms with Gasteiger partial charge in [0, 0.05) is 23.6 Å². The van der Waals surface area contributed by atoms with Crippen molar-refractivity contribution in [3.63, 3.8) is 0 Å². The fraction of sp³-hybridized carbons (Fsp3) is 0.560. The van der Waals surface area contributed by atoms with Gasteiger partial charge in [-0.1, -0.05) is 11.6 Å². The highest BCUT2D eigenvalue weighted by Gasteiger charge is 2.47. The third kappa shape index (κ3) is 6.35. The van der Waals surface area contributed by atoms with E-state index in [0.717, 1.165) is 5.57 Å². The molecule has 1 aliphatic heterocycles. The van der Waals surface area contributed by atoms with Crippen LogP contribution in [0.1, 0.15) is 74.5 Å². The Bertz CT molecular complexity index is 1030. The summed E-state index contributed by atoms with van der Waals surface area (Å²) in [6.45, 7) is 9.72. The third-order valence-electron chi connectivity index (χ3n) is 5.61. The first-order chi connectivity index (χ1) is 16.2. The number of carbonyl (C=O) groups is 3. The largest absolute Gasteiger partial charge is 0.496 e. The van der Waals surface area contributed by atoms with E-state index in [-0.39, 0.29) is 54.1 Å². The normalized spacial score (nSPS) is 13.7. The zero-order chi connectivity index (χ0) is 26.7. The van der Waals surface area contributed by atoms with Crippen molar-refractivity contribution < 1.29 is 41.8 Å². The van der Waals surface area contributed by atoms with Crippen molar-refractivity contribution in [1.82, 2.24) is 0 Å². The molecule has 0 spiro atoms. The van der Waals surface area contributed by atoms with Gasteiger partial charge in [0.1, 0.15) is 12.4 Å². The van der Waals surface area contributed by atoms with Crippen LogP contribution >= 0.6 is 0 Å². The number of fused-ring (bicyclic) bond motifs is 1. The molecule has 1 aromatic rings. The van der Waals surface area contributed by atoms with Crippen molar-refractivity contribution in [2.45, 2.75) is 85.7 Å². The lowest BCUT2D eigenvalue weighted by atomic mass is 9.92. The zero-order valence-corrected chi connectivity index (χ0v) is 21.1. The molecule has 7 nitrogen and oxygen atoms in total. The first-order valence-corrected chi connectivity index (χ1v) is 11.4. The van der Waals surface area contributed by atoms with Gasteiger partial charge in [-0.25, -0.2) is 4.79 Å². The van der Waals surface area contributed by atoms with Gasteiger partial charge in [-0.15, -0.1) is 0 Å². The number of benzene rings is 1. The number of rotatable bonds is 9. The van der Waals surface area contributed by atoms with Crippen molar-refractivity contribution in [2.75, 3.05) is 12.0 Å². The van der Waals surface area contributed by atoms with Gasteiger partial charge in [-0.2, -0.15) is 13.2 Å².